The number of aryl methyl sites for hydroxylation is 1. The zero-order chi connectivity index (χ0) is 12.8. The zero-order valence-electron chi connectivity index (χ0n) is 11.2. The molecule has 3 atom stereocenters. The minimum Gasteiger partial charge on any atom is -0.310 e. The molecule has 3 heteroatoms. The maximum atomic E-state index is 6.11. The van der Waals surface area contributed by atoms with Gasteiger partial charge in [-0.3, -0.25) is 4.90 Å². The third kappa shape index (κ3) is 2.20. The van der Waals surface area contributed by atoms with E-state index in [9.17, 15) is 0 Å². The fourth-order valence-electron chi connectivity index (χ4n) is 4.20. The lowest BCUT2D eigenvalue weighted by atomic mass is 10.0. The van der Waals surface area contributed by atoms with Gasteiger partial charge in [0.1, 0.15) is 0 Å². The average molecular weight is 277 g/mol. The molecule has 0 saturated carbocycles. The Labute approximate surface area is 120 Å². The second-order valence-corrected chi connectivity index (χ2v) is 6.76. The number of nitrogens with zero attached hydrogens (tertiary/aromatic N) is 1. The fraction of sp³-hybridized carbons (Fsp3) is 0.625. The highest BCUT2D eigenvalue weighted by Crippen LogP contribution is 2.38. The summed E-state index contributed by atoms with van der Waals surface area (Å²) in [6.45, 7) is 2.48. The van der Waals surface area contributed by atoms with Crippen molar-refractivity contribution in [2.75, 3.05) is 13.1 Å². The summed E-state index contributed by atoms with van der Waals surface area (Å²) < 4.78 is 0. The first-order valence-electron chi connectivity index (χ1n) is 7.58. The van der Waals surface area contributed by atoms with Gasteiger partial charge >= 0.3 is 0 Å². The molecular formula is C16H21ClN2. The van der Waals surface area contributed by atoms with E-state index in [0.717, 1.165) is 17.1 Å². The number of hydrogen-bond acceptors (Lipinski definition) is 2. The van der Waals surface area contributed by atoms with Gasteiger partial charge in [0.2, 0.25) is 0 Å². The summed E-state index contributed by atoms with van der Waals surface area (Å²) in [7, 11) is 0. The quantitative estimate of drug-likeness (QED) is 0.848. The summed E-state index contributed by atoms with van der Waals surface area (Å²) >= 11 is 6.11. The Balaban J connectivity index is 1.58. The molecular weight excluding hydrogens is 256 g/mol. The van der Waals surface area contributed by atoms with E-state index in [1.807, 2.05) is 0 Å². The molecule has 2 aliphatic heterocycles. The Hall–Kier alpha value is -0.570. The van der Waals surface area contributed by atoms with Crippen molar-refractivity contribution in [2.24, 2.45) is 0 Å². The standard InChI is InChI=1S/C16H21ClN2/c17-12-2-5-15-11(9-12)1-6-16(15)19-8-7-13-3-4-14(10-19)18-13/h2,5,9,13-14,16,18H,1,3-4,6-8,10H2. The van der Waals surface area contributed by atoms with E-state index in [1.54, 1.807) is 0 Å². The molecule has 3 aliphatic rings. The number of fused-ring (bicyclic) bond motifs is 3. The van der Waals surface area contributed by atoms with Crippen LogP contribution in [0.1, 0.15) is 42.9 Å². The number of hydrogen-bond donors (Lipinski definition) is 1. The molecule has 1 N–H and O–H groups in total. The average Bonchev–Trinajstić information content (AvgIpc) is 2.93. The molecule has 2 bridgehead atoms. The third-order valence-electron chi connectivity index (χ3n) is 5.15. The van der Waals surface area contributed by atoms with E-state index in [4.69, 9.17) is 11.6 Å². The number of nitrogens with one attached hydrogen (secondary N) is 1. The Morgan fingerprint density at radius 2 is 2.00 bits per heavy atom. The van der Waals surface area contributed by atoms with Crippen molar-refractivity contribution in [2.45, 2.75) is 50.2 Å². The highest BCUT2D eigenvalue weighted by atomic mass is 35.5. The maximum Gasteiger partial charge on any atom is 0.0408 e. The summed E-state index contributed by atoms with van der Waals surface area (Å²) in [5, 5.41) is 4.66. The van der Waals surface area contributed by atoms with Crippen LogP contribution in [-0.4, -0.2) is 30.1 Å². The third-order valence-corrected chi connectivity index (χ3v) is 5.38. The summed E-state index contributed by atoms with van der Waals surface area (Å²) in [4.78, 5) is 2.72. The smallest absolute Gasteiger partial charge is 0.0408 e. The van der Waals surface area contributed by atoms with Crippen LogP contribution in [0.3, 0.4) is 0 Å². The Morgan fingerprint density at radius 1 is 1.11 bits per heavy atom. The topological polar surface area (TPSA) is 15.3 Å². The van der Waals surface area contributed by atoms with Crippen LogP contribution in [0.2, 0.25) is 5.02 Å². The van der Waals surface area contributed by atoms with E-state index in [1.165, 1.54) is 56.3 Å². The van der Waals surface area contributed by atoms with Crippen LogP contribution in [-0.2, 0) is 6.42 Å². The second kappa shape index (κ2) is 4.76. The molecule has 0 aromatic heterocycles. The number of rotatable bonds is 1. The van der Waals surface area contributed by atoms with Gasteiger partial charge < -0.3 is 5.32 Å². The monoisotopic (exact) mass is 276 g/mol. The Morgan fingerprint density at radius 3 is 2.95 bits per heavy atom. The minimum atomic E-state index is 0.633. The molecule has 2 nitrogen and oxygen atoms in total. The summed E-state index contributed by atoms with van der Waals surface area (Å²) in [5.41, 5.74) is 3.00. The Bertz CT molecular complexity index is 488. The van der Waals surface area contributed by atoms with Crippen LogP contribution in [0.15, 0.2) is 18.2 Å². The van der Waals surface area contributed by atoms with E-state index in [0.29, 0.717) is 6.04 Å². The van der Waals surface area contributed by atoms with Gasteiger partial charge in [-0.15, -0.1) is 0 Å². The van der Waals surface area contributed by atoms with Crippen molar-refractivity contribution in [1.29, 1.82) is 0 Å². The van der Waals surface area contributed by atoms with Gasteiger partial charge in [0.15, 0.2) is 0 Å². The lowest BCUT2D eigenvalue weighted by molar-refractivity contribution is 0.187. The zero-order valence-corrected chi connectivity index (χ0v) is 12.0. The van der Waals surface area contributed by atoms with Crippen LogP contribution in [0.4, 0.5) is 0 Å². The first-order valence-corrected chi connectivity index (χ1v) is 7.96. The van der Waals surface area contributed by atoms with Crippen molar-refractivity contribution < 1.29 is 0 Å². The maximum absolute atomic E-state index is 6.11. The largest absolute Gasteiger partial charge is 0.310 e. The number of halogens is 1. The second-order valence-electron chi connectivity index (χ2n) is 6.32. The highest BCUT2D eigenvalue weighted by molar-refractivity contribution is 6.30. The van der Waals surface area contributed by atoms with Crippen LogP contribution >= 0.6 is 11.6 Å². The minimum absolute atomic E-state index is 0.633. The van der Waals surface area contributed by atoms with E-state index in [2.05, 4.69) is 28.4 Å². The Kier molecular flexibility index (Phi) is 3.06. The van der Waals surface area contributed by atoms with E-state index in [-0.39, 0.29) is 0 Å². The van der Waals surface area contributed by atoms with Crippen molar-refractivity contribution in [3.8, 4) is 0 Å². The summed E-state index contributed by atoms with van der Waals surface area (Å²) in [6.07, 6.45) is 6.53. The van der Waals surface area contributed by atoms with Crippen molar-refractivity contribution in [3.63, 3.8) is 0 Å². The fourth-order valence-corrected chi connectivity index (χ4v) is 4.39. The molecule has 19 heavy (non-hydrogen) atoms. The van der Waals surface area contributed by atoms with E-state index < -0.39 is 0 Å². The van der Waals surface area contributed by atoms with Gasteiger partial charge in [-0.1, -0.05) is 17.7 Å². The molecule has 0 amide bonds. The van der Waals surface area contributed by atoms with Gasteiger partial charge in [0.05, 0.1) is 0 Å². The van der Waals surface area contributed by atoms with Crippen molar-refractivity contribution in [3.05, 3.63) is 34.3 Å². The molecule has 1 aromatic carbocycles. The molecule has 2 fully saturated rings. The van der Waals surface area contributed by atoms with Crippen LogP contribution in [0, 0.1) is 0 Å². The van der Waals surface area contributed by atoms with Gasteiger partial charge in [-0.2, -0.15) is 0 Å². The van der Waals surface area contributed by atoms with Crippen molar-refractivity contribution in [1.82, 2.24) is 10.2 Å². The predicted molar refractivity (Wildman–Crippen MR) is 78.6 cm³/mol. The predicted octanol–water partition coefficient (Wildman–Crippen LogP) is 3.15. The van der Waals surface area contributed by atoms with Crippen LogP contribution < -0.4 is 5.32 Å². The summed E-state index contributed by atoms with van der Waals surface area (Å²) in [6, 6.07) is 8.62. The SMILES string of the molecule is Clc1ccc2c(c1)CCC2N1CCC2CCC(C1)N2. The van der Waals surface area contributed by atoms with E-state index >= 15 is 0 Å². The molecule has 2 saturated heterocycles. The lowest BCUT2D eigenvalue weighted by Gasteiger charge is -2.30. The molecule has 0 radical (unpaired) electrons. The molecule has 1 aliphatic carbocycles. The first kappa shape index (κ1) is 12.2. The normalized spacial score (nSPS) is 34.3. The van der Waals surface area contributed by atoms with Crippen LogP contribution in [0.5, 0.6) is 0 Å². The van der Waals surface area contributed by atoms with Crippen molar-refractivity contribution >= 4 is 11.6 Å². The van der Waals surface area contributed by atoms with Gasteiger partial charge in [0, 0.05) is 36.2 Å². The first-order chi connectivity index (χ1) is 9.29. The number of likely N-dealkylation sites (tertiary alicyclic amines) is 1. The lowest BCUT2D eigenvalue weighted by Crippen LogP contribution is -2.37. The molecule has 0 spiro atoms. The highest BCUT2D eigenvalue weighted by Gasteiger charge is 2.34. The van der Waals surface area contributed by atoms with Gasteiger partial charge in [-0.25, -0.2) is 0 Å². The van der Waals surface area contributed by atoms with Gasteiger partial charge in [-0.05, 0) is 55.4 Å². The van der Waals surface area contributed by atoms with Crippen LogP contribution in [0.25, 0.3) is 0 Å². The molecule has 3 unspecified atom stereocenters. The molecule has 4 rings (SSSR count). The number of benzene rings is 1. The van der Waals surface area contributed by atoms with Gasteiger partial charge in [0.25, 0.3) is 0 Å². The molecule has 2 heterocycles. The molecule has 102 valence electrons. The summed E-state index contributed by atoms with van der Waals surface area (Å²) in [5.74, 6) is 0. The molecule has 1 aromatic rings.